The van der Waals surface area contributed by atoms with Crippen LogP contribution in [0.1, 0.15) is 16.6 Å². The van der Waals surface area contributed by atoms with Crippen LogP contribution in [-0.4, -0.2) is 11.6 Å². The van der Waals surface area contributed by atoms with Crippen molar-refractivity contribution in [2.45, 2.75) is 5.38 Å². The largest absolute Gasteiger partial charge is 0.489 e. The topological polar surface area (TPSA) is 22.1 Å². The van der Waals surface area contributed by atoms with Gasteiger partial charge >= 0.3 is 0 Å². The van der Waals surface area contributed by atoms with E-state index in [1.807, 2.05) is 0 Å². The van der Waals surface area contributed by atoms with Gasteiger partial charge in [-0.1, -0.05) is 18.7 Å². The normalized spacial score (nSPS) is 11.9. The summed E-state index contributed by atoms with van der Waals surface area (Å²) in [6.45, 7) is 3.68. The fourth-order valence-electron chi connectivity index (χ4n) is 1.70. The van der Waals surface area contributed by atoms with Crippen molar-refractivity contribution in [1.82, 2.24) is 4.98 Å². The maximum atomic E-state index is 13.4. The Morgan fingerprint density at radius 2 is 2.05 bits per heavy atom. The summed E-state index contributed by atoms with van der Waals surface area (Å²) in [5.74, 6) is -1.79. The lowest BCUT2D eigenvalue weighted by molar-refractivity contribution is 0.354. The van der Waals surface area contributed by atoms with E-state index in [0.717, 1.165) is 12.1 Å². The third-order valence-corrected chi connectivity index (χ3v) is 3.09. The molecule has 0 aliphatic carbocycles. The first-order valence-corrected chi connectivity index (χ1v) is 6.34. The number of hydrogen-bond donors (Lipinski definition) is 0. The number of benzene rings is 1. The van der Waals surface area contributed by atoms with Gasteiger partial charge in [0.15, 0.2) is 11.6 Å². The van der Waals surface area contributed by atoms with Crippen LogP contribution >= 0.6 is 11.6 Å². The predicted octanol–water partition coefficient (Wildman–Crippen LogP) is 4.25. The number of nitrogens with zero attached hydrogens (tertiary/aromatic N) is 1. The maximum Gasteiger partial charge on any atom is 0.162 e. The molecule has 1 heterocycles. The van der Waals surface area contributed by atoms with E-state index in [-0.39, 0.29) is 12.4 Å². The van der Waals surface area contributed by atoms with Gasteiger partial charge in [0.25, 0.3) is 0 Å². The van der Waals surface area contributed by atoms with E-state index in [4.69, 9.17) is 16.3 Å². The fourth-order valence-corrected chi connectivity index (χ4v) is 2.00. The van der Waals surface area contributed by atoms with Crippen molar-refractivity contribution in [2.75, 3.05) is 6.61 Å². The molecule has 0 saturated carbocycles. The highest BCUT2D eigenvalue weighted by molar-refractivity contribution is 6.22. The zero-order valence-corrected chi connectivity index (χ0v) is 11.3. The zero-order valence-electron chi connectivity index (χ0n) is 10.5. The lowest BCUT2D eigenvalue weighted by Gasteiger charge is -2.15. The number of hydrogen-bond acceptors (Lipinski definition) is 2. The second-order valence-electron chi connectivity index (χ2n) is 4.02. The summed E-state index contributed by atoms with van der Waals surface area (Å²) in [7, 11) is 0. The monoisotopic (exact) mass is 295 g/mol. The molecule has 2 nitrogen and oxygen atoms in total. The van der Waals surface area contributed by atoms with Crippen molar-refractivity contribution < 1.29 is 13.5 Å². The number of alkyl halides is 1. The van der Waals surface area contributed by atoms with Crippen LogP contribution in [0.25, 0.3) is 0 Å². The Labute approximate surface area is 120 Å². The lowest BCUT2D eigenvalue weighted by Crippen LogP contribution is -2.04. The minimum Gasteiger partial charge on any atom is -0.489 e. The molecule has 104 valence electrons. The molecule has 0 saturated heterocycles. The van der Waals surface area contributed by atoms with Crippen molar-refractivity contribution in [1.29, 1.82) is 0 Å². The number of ether oxygens (including phenoxy) is 1. The molecule has 1 aromatic carbocycles. The minimum atomic E-state index is -0.988. The molecular formula is C15H12ClF2NO. The van der Waals surface area contributed by atoms with Gasteiger partial charge in [-0.2, -0.15) is 0 Å². The molecule has 1 unspecified atom stereocenters. The molecule has 0 bridgehead atoms. The second kappa shape index (κ2) is 6.48. The maximum absolute atomic E-state index is 13.4. The highest BCUT2D eigenvalue weighted by atomic mass is 35.5. The molecule has 2 rings (SSSR count). The average Bonchev–Trinajstić information content (AvgIpc) is 2.48. The first-order valence-electron chi connectivity index (χ1n) is 5.91. The van der Waals surface area contributed by atoms with Crippen LogP contribution < -0.4 is 4.74 Å². The number of pyridine rings is 1. The van der Waals surface area contributed by atoms with Crippen LogP contribution in [0.4, 0.5) is 8.78 Å². The fraction of sp³-hybridized carbons (Fsp3) is 0.133. The van der Waals surface area contributed by atoms with Gasteiger partial charge in [0, 0.05) is 17.8 Å². The molecule has 2 aromatic rings. The molecule has 0 fully saturated rings. The molecule has 0 N–H and O–H groups in total. The van der Waals surface area contributed by atoms with E-state index in [1.54, 1.807) is 24.4 Å². The predicted molar refractivity (Wildman–Crippen MR) is 74.0 cm³/mol. The Kier molecular flexibility index (Phi) is 4.69. The van der Waals surface area contributed by atoms with Crippen LogP contribution in [0, 0.1) is 11.6 Å². The molecular weight excluding hydrogens is 284 g/mol. The molecule has 0 spiro atoms. The summed E-state index contributed by atoms with van der Waals surface area (Å²) in [5, 5.41) is -0.730. The zero-order chi connectivity index (χ0) is 14.5. The van der Waals surface area contributed by atoms with Gasteiger partial charge in [-0.3, -0.25) is 4.98 Å². The number of aromatic nitrogens is 1. The van der Waals surface area contributed by atoms with Crippen LogP contribution in [0.5, 0.6) is 5.75 Å². The highest BCUT2D eigenvalue weighted by Crippen LogP contribution is 2.35. The van der Waals surface area contributed by atoms with Crippen molar-refractivity contribution in [3.8, 4) is 5.75 Å². The Balaban J connectivity index is 2.43. The smallest absolute Gasteiger partial charge is 0.162 e. The van der Waals surface area contributed by atoms with E-state index in [9.17, 15) is 8.78 Å². The molecule has 1 aromatic heterocycles. The summed E-state index contributed by atoms with van der Waals surface area (Å²) in [4.78, 5) is 4.10. The molecule has 5 heteroatoms. The molecule has 0 aliphatic heterocycles. The quantitative estimate of drug-likeness (QED) is 0.607. The minimum absolute atomic E-state index is 0.171. The lowest BCUT2D eigenvalue weighted by atomic mass is 10.1. The van der Waals surface area contributed by atoms with Crippen LogP contribution in [0.3, 0.4) is 0 Å². The number of halogens is 3. The molecule has 0 aliphatic rings. The Hall–Kier alpha value is -1.94. The SMILES string of the molecule is C=CCOc1cc(F)c(F)cc1C(Cl)c1ccccn1. The average molecular weight is 296 g/mol. The molecule has 20 heavy (non-hydrogen) atoms. The summed E-state index contributed by atoms with van der Waals surface area (Å²) in [6.07, 6.45) is 3.09. The van der Waals surface area contributed by atoms with Gasteiger partial charge in [-0.25, -0.2) is 8.78 Å². The number of rotatable bonds is 5. The Bertz CT molecular complexity index is 604. The van der Waals surface area contributed by atoms with Crippen molar-refractivity contribution >= 4 is 11.6 Å². The second-order valence-corrected chi connectivity index (χ2v) is 4.46. The highest BCUT2D eigenvalue weighted by Gasteiger charge is 2.20. The van der Waals surface area contributed by atoms with Crippen LogP contribution in [0.2, 0.25) is 0 Å². The summed E-state index contributed by atoms with van der Waals surface area (Å²) < 4.78 is 32.1. The van der Waals surface area contributed by atoms with Crippen molar-refractivity contribution in [3.05, 3.63) is 72.1 Å². The van der Waals surface area contributed by atoms with Gasteiger partial charge < -0.3 is 4.74 Å². The van der Waals surface area contributed by atoms with Gasteiger partial charge in [0.2, 0.25) is 0 Å². The van der Waals surface area contributed by atoms with Crippen molar-refractivity contribution in [2.24, 2.45) is 0 Å². The Morgan fingerprint density at radius 3 is 2.70 bits per heavy atom. The van der Waals surface area contributed by atoms with E-state index in [2.05, 4.69) is 11.6 Å². The van der Waals surface area contributed by atoms with Crippen LogP contribution in [-0.2, 0) is 0 Å². The standard InChI is InChI=1S/C15H12ClF2NO/c1-2-7-20-14-9-12(18)11(17)8-10(14)15(16)13-5-3-4-6-19-13/h2-6,8-9,15H,1,7H2. The summed E-state index contributed by atoms with van der Waals surface area (Å²) in [5.41, 5.74) is 0.856. The van der Waals surface area contributed by atoms with Gasteiger partial charge in [-0.15, -0.1) is 11.6 Å². The van der Waals surface area contributed by atoms with Gasteiger partial charge in [0.1, 0.15) is 17.7 Å². The van der Waals surface area contributed by atoms with Gasteiger partial charge in [-0.05, 0) is 18.2 Å². The Morgan fingerprint density at radius 1 is 1.30 bits per heavy atom. The molecule has 0 radical (unpaired) electrons. The van der Waals surface area contributed by atoms with Gasteiger partial charge in [0.05, 0.1) is 5.69 Å². The van der Waals surface area contributed by atoms with E-state index in [1.165, 1.54) is 6.08 Å². The summed E-state index contributed by atoms with van der Waals surface area (Å²) >= 11 is 6.28. The third-order valence-electron chi connectivity index (χ3n) is 2.63. The summed E-state index contributed by atoms with van der Waals surface area (Å²) in [6, 6.07) is 7.22. The first kappa shape index (κ1) is 14.5. The van der Waals surface area contributed by atoms with Crippen LogP contribution in [0.15, 0.2) is 49.2 Å². The van der Waals surface area contributed by atoms with E-state index < -0.39 is 17.0 Å². The van der Waals surface area contributed by atoms with Crippen molar-refractivity contribution in [3.63, 3.8) is 0 Å². The molecule has 0 amide bonds. The third kappa shape index (κ3) is 3.14. The van der Waals surface area contributed by atoms with E-state index >= 15 is 0 Å². The molecule has 1 atom stereocenters. The first-order chi connectivity index (χ1) is 9.63. The van der Waals surface area contributed by atoms with E-state index in [0.29, 0.717) is 11.3 Å².